The van der Waals surface area contributed by atoms with Crippen LogP contribution in [0.5, 0.6) is 0 Å². The summed E-state index contributed by atoms with van der Waals surface area (Å²) >= 11 is 6.14. The standard InChI is InChI=1S/C24H28ClN5O2/c1-26-21(31)17-12-19-20(13-18(17)22(32)27-2)30-24(9-4-3-5-10-24)23(29-19)28-14-15-7-6-8-16(25)11-15/h6-8,11-13,30H,3-5,9-10,14H2,1-2H3,(H,26,31)(H,27,32)(H,28,29). The molecule has 0 radical (unpaired) electrons. The van der Waals surface area contributed by atoms with Gasteiger partial charge in [-0.25, -0.2) is 0 Å². The van der Waals surface area contributed by atoms with Crippen molar-refractivity contribution in [1.82, 2.24) is 10.6 Å². The number of nitrogens with one attached hydrogen (secondary N) is 4. The van der Waals surface area contributed by atoms with E-state index in [1.807, 2.05) is 24.3 Å². The van der Waals surface area contributed by atoms with Crippen molar-refractivity contribution in [3.05, 3.63) is 58.1 Å². The van der Waals surface area contributed by atoms with E-state index in [9.17, 15) is 9.59 Å². The van der Waals surface area contributed by atoms with Crippen LogP contribution in [0.3, 0.4) is 0 Å². The number of fused-ring (bicyclic) bond motifs is 1. The Balaban J connectivity index is 1.76. The molecule has 1 aliphatic heterocycles. The molecule has 1 fully saturated rings. The van der Waals surface area contributed by atoms with Gasteiger partial charge in [-0.05, 0) is 42.7 Å². The zero-order valence-electron chi connectivity index (χ0n) is 18.3. The van der Waals surface area contributed by atoms with Crippen molar-refractivity contribution in [3.8, 4) is 0 Å². The molecule has 0 atom stereocenters. The van der Waals surface area contributed by atoms with Gasteiger partial charge in [0.05, 0.1) is 34.6 Å². The lowest BCUT2D eigenvalue weighted by Crippen LogP contribution is -2.54. The number of aliphatic imine (C=N–C) groups is 1. The third-order valence-electron chi connectivity index (χ3n) is 6.20. The van der Waals surface area contributed by atoms with Crippen molar-refractivity contribution >= 4 is 40.6 Å². The highest BCUT2D eigenvalue weighted by molar-refractivity contribution is 6.30. The van der Waals surface area contributed by atoms with Crippen molar-refractivity contribution in [2.45, 2.75) is 44.2 Å². The van der Waals surface area contributed by atoms with Crippen LogP contribution in [-0.4, -0.2) is 37.3 Å². The van der Waals surface area contributed by atoms with Gasteiger partial charge < -0.3 is 21.3 Å². The SMILES string of the molecule is CNC(=O)c1cc2c(cc1C(=O)NC)NC1(CCCCC1)C(=NCc1cccc(Cl)c1)N2. The van der Waals surface area contributed by atoms with Crippen LogP contribution in [0.15, 0.2) is 41.4 Å². The van der Waals surface area contributed by atoms with E-state index < -0.39 is 0 Å². The number of rotatable bonds is 4. The Bertz CT molecular complexity index is 1080. The Labute approximate surface area is 193 Å². The number of benzene rings is 2. The van der Waals surface area contributed by atoms with Gasteiger partial charge in [0.25, 0.3) is 11.8 Å². The molecule has 0 bridgehead atoms. The Morgan fingerprint density at radius 2 is 1.66 bits per heavy atom. The van der Waals surface area contributed by atoms with Crippen molar-refractivity contribution in [1.29, 1.82) is 0 Å². The molecule has 8 heteroatoms. The summed E-state index contributed by atoms with van der Waals surface area (Å²) < 4.78 is 0. The molecular weight excluding hydrogens is 426 g/mol. The monoisotopic (exact) mass is 453 g/mol. The zero-order valence-corrected chi connectivity index (χ0v) is 19.1. The van der Waals surface area contributed by atoms with Gasteiger partial charge in [0, 0.05) is 19.1 Å². The van der Waals surface area contributed by atoms with Crippen LogP contribution in [0.4, 0.5) is 11.4 Å². The molecule has 0 unspecified atom stereocenters. The van der Waals surface area contributed by atoms with Crippen LogP contribution in [0.2, 0.25) is 5.02 Å². The van der Waals surface area contributed by atoms with Gasteiger partial charge in [-0.3, -0.25) is 14.6 Å². The summed E-state index contributed by atoms with van der Waals surface area (Å²) in [5.41, 5.74) is 2.90. The van der Waals surface area contributed by atoms with Crippen molar-refractivity contribution in [3.63, 3.8) is 0 Å². The van der Waals surface area contributed by atoms with Crippen molar-refractivity contribution in [2.75, 3.05) is 24.7 Å². The quantitative estimate of drug-likeness (QED) is 0.558. The van der Waals surface area contributed by atoms with Gasteiger partial charge >= 0.3 is 0 Å². The number of carbonyl (C=O) groups is 2. The molecule has 2 aliphatic rings. The Hall–Kier alpha value is -3.06. The van der Waals surface area contributed by atoms with Crippen LogP contribution in [0, 0.1) is 0 Å². The zero-order chi connectivity index (χ0) is 22.7. The fraction of sp³-hybridized carbons (Fsp3) is 0.375. The van der Waals surface area contributed by atoms with Crippen molar-refractivity contribution < 1.29 is 9.59 Å². The smallest absolute Gasteiger partial charge is 0.251 e. The van der Waals surface area contributed by atoms with E-state index in [0.29, 0.717) is 22.7 Å². The van der Waals surface area contributed by atoms with E-state index in [-0.39, 0.29) is 17.4 Å². The molecule has 2 aromatic carbocycles. The van der Waals surface area contributed by atoms with E-state index in [2.05, 4.69) is 21.3 Å². The number of hydrogen-bond donors (Lipinski definition) is 4. The average Bonchev–Trinajstić information content (AvgIpc) is 2.81. The normalized spacial score (nSPS) is 17.8. The third kappa shape index (κ3) is 4.30. The molecule has 168 valence electrons. The molecule has 7 nitrogen and oxygen atoms in total. The molecule has 0 aromatic heterocycles. The molecular formula is C24H28ClN5O2. The number of nitrogens with zero attached hydrogens (tertiary/aromatic N) is 1. The number of carbonyl (C=O) groups excluding carboxylic acids is 2. The molecule has 1 saturated carbocycles. The van der Waals surface area contributed by atoms with E-state index in [4.69, 9.17) is 16.6 Å². The maximum Gasteiger partial charge on any atom is 0.251 e. The average molecular weight is 454 g/mol. The summed E-state index contributed by atoms with van der Waals surface area (Å²) in [6.07, 6.45) is 5.27. The largest absolute Gasteiger partial charge is 0.371 e. The summed E-state index contributed by atoms with van der Waals surface area (Å²) in [5.74, 6) is 0.245. The Morgan fingerprint density at radius 1 is 1.00 bits per heavy atom. The fourth-order valence-corrected chi connectivity index (χ4v) is 4.74. The predicted octanol–water partition coefficient (Wildman–Crippen LogP) is 4.20. The van der Waals surface area contributed by atoms with Crippen molar-refractivity contribution in [2.24, 2.45) is 4.99 Å². The first-order chi connectivity index (χ1) is 15.5. The number of halogens is 1. The minimum atomic E-state index is -0.321. The fourth-order valence-electron chi connectivity index (χ4n) is 4.53. The van der Waals surface area contributed by atoms with Gasteiger partial charge in [0.1, 0.15) is 5.84 Å². The number of hydrogen-bond acceptors (Lipinski definition) is 4. The lowest BCUT2D eigenvalue weighted by molar-refractivity contribution is 0.0929. The topological polar surface area (TPSA) is 94.6 Å². The Morgan fingerprint density at radius 3 is 2.28 bits per heavy atom. The van der Waals surface area contributed by atoms with Gasteiger partial charge in [0.15, 0.2) is 0 Å². The second-order valence-electron chi connectivity index (χ2n) is 8.29. The molecule has 32 heavy (non-hydrogen) atoms. The van der Waals surface area contributed by atoms with Crippen LogP contribution >= 0.6 is 11.6 Å². The van der Waals surface area contributed by atoms with Crippen LogP contribution in [0.1, 0.15) is 58.4 Å². The lowest BCUT2D eigenvalue weighted by Gasteiger charge is -2.44. The van der Waals surface area contributed by atoms with Crippen LogP contribution < -0.4 is 21.3 Å². The van der Waals surface area contributed by atoms with Gasteiger partial charge in [0.2, 0.25) is 0 Å². The highest BCUT2D eigenvalue weighted by Gasteiger charge is 2.41. The highest BCUT2D eigenvalue weighted by atomic mass is 35.5. The van der Waals surface area contributed by atoms with E-state index in [0.717, 1.165) is 48.5 Å². The maximum absolute atomic E-state index is 12.5. The molecule has 0 saturated heterocycles. The molecule has 4 rings (SSSR count). The molecule has 2 aromatic rings. The molecule has 1 aliphatic carbocycles. The first-order valence-corrected chi connectivity index (χ1v) is 11.3. The third-order valence-corrected chi connectivity index (χ3v) is 6.43. The molecule has 2 amide bonds. The number of amides is 2. The minimum absolute atomic E-state index is 0.300. The van der Waals surface area contributed by atoms with Crippen LogP contribution in [0.25, 0.3) is 0 Å². The summed E-state index contributed by atoms with van der Waals surface area (Å²) in [6.45, 7) is 0.500. The van der Waals surface area contributed by atoms with Crippen LogP contribution in [-0.2, 0) is 6.54 Å². The summed E-state index contributed by atoms with van der Waals surface area (Å²) in [5, 5.41) is 13.1. The summed E-state index contributed by atoms with van der Waals surface area (Å²) in [6, 6.07) is 11.2. The molecule has 1 heterocycles. The number of anilines is 2. The lowest BCUT2D eigenvalue weighted by atomic mass is 9.78. The maximum atomic E-state index is 12.5. The first-order valence-electron chi connectivity index (χ1n) is 10.9. The highest BCUT2D eigenvalue weighted by Crippen LogP contribution is 2.41. The Kier molecular flexibility index (Phi) is 6.37. The molecule has 4 N–H and O–H groups in total. The van der Waals surface area contributed by atoms with E-state index in [1.165, 1.54) is 6.42 Å². The van der Waals surface area contributed by atoms with Gasteiger partial charge in [-0.2, -0.15) is 0 Å². The van der Waals surface area contributed by atoms with E-state index in [1.54, 1.807) is 26.2 Å². The summed E-state index contributed by atoms with van der Waals surface area (Å²) in [7, 11) is 3.11. The minimum Gasteiger partial charge on any atom is -0.371 e. The van der Waals surface area contributed by atoms with Gasteiger partial charge in [-0.15, -0.1) is 0 Å². The molecule has 1 spiro atoms. The first kappa shape index (κ1) is 22.1. The van der Waals surface area contributed by atoms with E-state index >= 15 is 0 Å². The predicted molar refractivity (Wildman–Crippen MR) is 129 cm³/mol. The van der Waals surface area contributed by atoms with Gasteiger partial charge in [-0.1, -0.05) is 43.0 Å². The summed E-state index contributed by atoms with van der Waals surface area (Å²) in [4.78, 5) is 29.9. The number of amidine groups is 1. The second kappa shape index (κ2) is 9.20. The second-order valence-corrected chi connectivity index (χ2v) is 8.73.